The number of nitrogens with one attached hydrogen (secondary N) is 1. The lowest BCUT2D eigenvalue weighted by atomic mass is 9.99. The van der Waals surface area contributed by atoms with Crippen LogP contribution in [0.25, 0.3) is 11.3 Å². The van der Waals surface area contributed by atoms with Crippen LogP contribution >= 0.6 is 0 Å². The number of benzene rings is 2. The lowest BCUT2D eigenvalue weighted by Crippen LogP contribution is -2.18. The highest BCUT2D eigenvalue weighted by molar-refractivity contribution is 7.95. The van der Waals surface area contributed by atoms with Gasteiger partial charge in [0.1, 0.15) is 0 Å². The summed E-state index contributed by atoms with van der Waals surface area (Å²) >= 11 is 0. The number of hydrogen-bond acceptors (Lipinski definition) is 3. The van der Waals surface area contributed by atoms with E-state index in [0.29, 0.717) is 11.4 Å². The van der Waals surface area contributed by atoms with Gasteiger partial charge in [0.05, 0.1) is 16.8 Å². The van der Waals surface area contributed by atoms with E-state index in [2.05, 4.69) is 9.82 Å². The Bertz CT molecular complexity index is 1040. The van der Waals surface area contributed by atoms with E-state index in [1.807, 2.05) is 67.6 Å². The number of aromatic nitrogens is 2. The topological polar surface area (TPSA) is 64.0 Å². The molecule has 0 fully saturated rings. The fourth-order valence-electron chi connectivity index (χ4n) is 2.91. The van der Waals surface area contributed by atoms with Gasteiger partial charge in [-0.15, -0.1) is 0 Å². The molecule has 1 N–H and O–H groups in total. The smallest absolute Gasteiger partial charge is 0.256 e. The second-order valence-corrected chi connectivity index (χ2v) is 7.13. The van der Waals surface area contributed by atoms with Gasteiger partial charge < -0.3 is 0 Å². The van der Waals surface area contributed by atoms with Gasteiger partial charge in [-0.2, -0.15) is 5.10 Å². The molecule has 3 aromatic rings. The standard InChI is InChI=1S/C18H15N3O2S/c1-13-17-16(14-8-4-2-5-9-14)12-24(22,23)20-18(17)21(19-13)15-10-6-3-7-11-15/h2-12,20H,1H3. The highest BCUT2D eigenvalue weighted by atomic mass is 32.2. The van der Waals surface area contributed by atoms with E-state index in [4.69, 9.17) is 0 Å². The Kier molecular flexibility index (Phi) is 3.28. The van der Waals surface area contributed by atoms with Gasteiger partial charge in [0.25, 0.3) is 10.0 Å². The molecule has 0 aliphatic carbocycles. The Morgan fingerprint density at radius 1 is 0.958 bits per heavy atom. The third-order valence-electron chi connectivity index (χ3n) is 3.93. The van der Waals surface area contributed by atoms with E-state index in [1.54, 1.807) is 4.68 Å². The number of rotatable bonds is 2. The molecule has 24 heavy (non-hydrogen) atoms. The molecule has 0 unspecified atom stereocenters. The molecule has 1 aliphatic rings. The van der Waals surface area contributed by atoms with Crippen molar-refractivity contribution in [1.29, 1.82) is 0 Å². The minimum Gasteiger partial charge on any atom is -0.263 e. The molecular weight excluding hydrogens is 322 g/mol. The van der Waals surface area contributed by atoms with Crippen molar-refractivity contribution in [2.45, 2.75) is 6.92 Å². The summed E-state index contributed by atoms with van der Waals surface area (Å²) in [5.74, 6) is 0.472. The van der Waals surface area contributed by atoms with E-state index in [0.717, 1.165) is 22.5 Å². The lowest BCUT2D eigenvalue weighted by Gasteiger charge is -2.18. The first kappa shape index (κ1) is 14.7. The van der Waals surface area contributed by atoms with Gasteiger partial charge in [0.2, 0.25) is 0 Å². The van der Waals surface area contributed by atoms with E-state index >= 15 is 0 Å². The van der Waals surface area contributed by atoms with E-state index < -0.39 is 10.0 Å². The summed E-state index contributed by atoms with van der Waals surface area (Å²) < 4.78 is 29.0. The second kappa shape index (κ2) is 5.35. The van der Waals surface area contributed by atoms with Gasteiger partial charge in [0.15, 0.2) is 5.82 Å². The normalized spacial score (nSPS) is 15.3. The van der Waals surface area contributed by atoms with Crippen LogP contribution in [-0.4, -0.2) is 18.2 Å². The average molecular weight is 337 g/mol. The zero-order valence-corrected chi connectivity index (χ0v) is 13.8. The van der Waals surface area contributed by atoms with Crippen LogP contribution in [0.5, 0.6) is 0 Å². The van der Waals surface area contributed by atoms with Crippen molar-refractivity contribution < 1.29 is 8.42 Å². The highest BCUT2D eigenvalue weighted by Gasteiger charge is 2.29. The van der Waals surface area contributed by atoms with E-state index in [9.17, 15) is 8.42 Å². The minimum atomic E-state index is -3.58. The van der Waals surface area contributed by atoms with Gasteiger partial charge >= 0.3 is 0 Å². The van der Waals surface area contributed by atoms with E-state index in [-0.39, 0.29) is 0 Å². The lowest BCUT2D eigenvalue weighted by molar-refractivity contribution is 0.608. The largest absolute Gasteiger partial charge is 0.263 e. The summed E-state index contributed by atoms with van der Waals surface area (Å²) in [5.41, 5.74) is 3.88. The molecule has 2 heterocycles. The number of sulfonamides is 1. The zero-order chi connectivity index (χ0) is 16.7. The molecule has 0 bridgehead atoms. The van der Waals surface area contributed by atoms with Crippen LogP contribution in [0.4, 0.5) is 5.82 Å². The number of aryl methyl sites for hydroxylation is 1. The number of fused-ring (bicyclic) bond motifs is 1. The molecule has 0 spiro atoms. The molecule has 0 atom stereocenters. The first-order valence-corrected chi connectivity index (χ1v) is 9.05. The highest BCUT2D eigenvalue weighted by Crippen LogP contribution is 2.38. The fourth-order valence-corrected chi connectivity index (χ4v) is 3.99. The summed E-state index contributed by atoms with van der Waals surface area (Å²) in [4.78, 5) is 0. The van der Waals surface area contributed by atoms with Crippen molar-refractivity contribution in [2.24, 2.45) is 0 Å². The third kappa shape index (κ3) is 2.41. The Hall–Kier alpha value is -2.86. The molecule has 4 rings (SSSR count). The molecular formula is C18H15N3O2S. The van der Waals surface area contributed by atoms with Gasteiger partial charge in [-0.25, -0.2) is 13.1 Å². The molecule has 1 aromatic heterocycles. The first-order valence-electron chi connectivity index (χ1n) is 7.50. The SMILES string of the molecule is Cc1nn(-c2ccccc2)c2c1C(c1ccccc1)=CS(=O)(=O)N2. The Labute approximate surface area is 140 Å². The molecule has 0 amide bonds. The molecule has 0 radical (unpaired) electrons. The van der Waals surface area contributed by atoms with Crippen molar-refractivity contribution in [2.75, 3.05) is 4.72 Å². The van der Waals surface area contributed by atoms with Crippen molar-refractivity contribution in [1.82, 2.24) is 9.78 Å². The van der Waals surface area contributed by atoms with Crippen LogP contribution in [0.3, 0.4) is 0 Å². The molecule has 6 heteroatoms. The Balaban J connectivity index is 1.99. The molecule has 0 saturated carbocycles. The summed E-state index contributed by atoms with van der Waals surface area (Å²) in [5, 5.41) is 5.83. The zero-order valence-electron chi connectivity index (χ0n) is 13.0. The van der Waals surface area contributed by atoms with Crippen LogP contribution in [0.1, 0.15) is 16.8 Å². The summed E-state index contributed by atoms with van der Waals surface area (Å²) in [6.45, 7) is 1.88. The second-order valence-electron chi connectivity index (χ2n) is 5.60. The van der Waals surface area contributed by atoms with Gasteiger partial charge in [-0.05, 0) is 24.6 Å². The van der Waals surface area contributed by atoms with Gasteiger partial charge in [-0.1, -0.05) is 48.5 Å². The molecule has 2 aromatic carbocycles. The molecule has 1 aliphatic heterocycles. The number of anilines is 1. The van der Waals surface area contributed by atoms with Crippen LogP contribution in [0.2, 0.25) is 0 Å². The predicted octanol–water partition coefficient (Wildman–Crippen LogP) is 3.33. The number of para-hydroxylation sites is 1. The van der Waals surface area contributed by atoms with Gasteiger partial charge in [-0.3, -0.25) is 4.72 Å². The van der Waals surface area contributed by atoms with Crippen molar-refractivity contribution in [3.8, 4) is 5.69 Å². The Morgan fingerprint density at radius 3 is 2.25 bits per heavy atom. The average Bonchev–Trinajstić information content (AvgIpc) is 2.91. The minimum absolute atomic E-state index is 0.472. The number of hydrogen-bond donors (Lipinski definition) is 1. The fraction of sp³-hybridized carbons (Fsp3) is 0.0556. The quantitative estimate of drug-likeness (QED) is 0.780. The first-order chi connectivity index (χ1) is 11.6. The Morgan fingerprint density at radius 2 is 1.58 bits per heavy atom. The molecule has 120 valence electrons. The van der Waals surface area contributed by atoms with Crippen LogP contribution in [-0.2, 0) is 10.0 Å². The number of nitrogens with zero attached hydrogens (tertiary/aromatic N) is 2. The van der Waals surface area contributed by atoms with Crippen LogP contribution in [0, 0.1) is 6.92 Å². The van der Waals surface area contributed by atoms with Crippen LogP contribution < -0.4 is 4.72 Å². The summed E-state index contributed by atoms with van der Waals surface area (Å²) in [6, 6.07) is 19.0. The maximum atomic E-state index is 12.4. The maximum absolute atomic E-state index is 12.4. The van der Waals surface area contributed by atoms with Gasteiger partial charge in [0, 0.05) is 11.1 Å². The monoisotopic (exact) mass is 337 g/mol. The third-order valence-corrected chi connectivity index (χ3v) is 4.95. The summed E-state index contributed by atoms with van der Waals surface area (Å²) in [7, 11) is -3.58. The maximum Gasteiger partial charge on any atom is 0.256 e. The van der Waals surface area contributed by atoms with Crippen molar-refractivity contribution in [3.63, 3.8) is 0 Å². The predicted molar refractivity (Wildman–Crippen MR) is 94.4 cm³/mol. The van der Waals surface area contributed by atoms with E-state index in [1.165, 1.54) is 5.41 Å². The molecule has 5 nitrogen and oxygen atoms in total. The van der Waals surface area contributed by atoms with Crippen LogP contribution in [0.15, 0.2) is 66.1 Å². The van der Waals surface area contributed by atoms with Crippen molar-refractivity contribution in [3.05, 3.63) is 82.9 Å². The van der Waals surface area contributed by atoms with Crippen molar-refractivity contribution >= 4 is 21.4 Å². The molecule has 0 saturated heterocycles. The summed E-state index contributed by atoms with van der Waals surface area (Å²) in [6.07, 6.45) is 0.